The van der Waals surface area contributed by atoms with Crippen LogP contribution in [0.2, 0.25) is 0 Å². The van der Waals surface area contributed by atoms with Crippen molar-refractivity contribution >= 4 is 21.6 Å². The third-order valence-corrected chi connectivity index (χ3v) is 3.72. The summed E-state index contributed by atoms with van der Waals surface area (Å²) in [5, 5.41) is 5.07. The molecule has 0 aliphatic carbocycles. The Kier molecular flexibility index (Phi) is 4.82. The van der Waals surface area contributed by atoms with Crippen molar-refractivity contribution in [3.63, 3.8) is 0 Å². The molecule has 0 bridgehead atoms. The average Bonchev–Trinajstić information content (AvgIpc) is 2.33. The highest BCUT2D eigenvalue weighted by Gasteiger charge is 2.46. The minimum Gasteiger partial charge on any atom is -0.383 e. The van der Waals surface area contributed by atoms with Gasteiger partial charge in [0.1, 0.15) is 0 Å². The van der Waals surface area contributed by atoms with Crippen LogP contribution >= 0.6 is 0 Å². The van der Waals surface area contributed by atoms with Crippen molar-refractivity contribution in [3.05, 3.63) is 24.3 Å². The summed E-state index contributed by atoms with van der Waals surface area (Å²) in [5.41, 5.74) is -0.0825. The second kappa shape index (κ2) is 5.99. The van der Waals surface area contributed by atoms with Gasteiger partial charge in [0.2, 0.25) is 0 Å². The van der Waals surface area contributed by atoms with E-state index < -0.39 is 26.3 Å². The molecule has 1 aromatic carbocycles. The van der Waals surface area contributed by atoms with Crippen molar-refractivity contribution in [1.29, 1.82) is 0 Å². The fourth-order valence-corrected chi connectivity index (χ4v) is 2.04. The summed E-state index contributed by atoms with van der Waals surface area (Å²) in [6, 6.07) is 3.41. The Labute approximate surface area is 113 Å². The lowest BCUT2D eigenvalue weighted by molar-refractivity contribution is -0.0436. The van der Waals surface area contributed by atoms with Gasteiger partial charge in [-0.2, -0.15) is 13.2 Å². The monoisotopic (exact) mass is 311 g/mol. The molecule has 4 N–H and O–H groups in total. The van der Waals surface area contributed by atoms with Gasteiger partial charge in [-0.15, -0.1) is 0 Å². The summed E-state index contributed by atoms with van der Waals surface area (Å²) in [6.45, 7) is 0.506. The summed E-state index contributed by atoms with van der Waals surface area (Å²) < 4.78 is 59.1. The van der Waals surface area contributed by atoms with Crippen LogP contribution < -0.4 is 16.4 Å². The van der Waals surface area contributed by atoms with Crippen molar-refractivity contribution in [3.8, 4) is 0 Å². The number of amides is 2. The van der Waals surface area contributed by atoms with Gasteiger partial charge in [-0.3, -0.25) is 0 Å². The molecule has 6 nitrogen and oxygen atoms in total. The van der Waals surface area contributed by atoms with Gasteiger partial charge in [-0.1, -0.05) is 0 Å². The lowest BCUT2D eigenvalue weighted by Gasteiger charge is -2.10. The normalized spacial score (nSPS) is 11.9. The Balaban J connectivity index is 2.68. The Morgan fingerprint density at radius 1 is 1.15 bits per heavy atom. The fraction of sp³-hybridized carbons (Fsp3) is 0.300. The van der Waals surface area contributed by atoms with E-state index in [1.807, 2.05) is 0 Å². The van der Waals surface area contributed by atoms with Crippen LogP contribution in [-0.4, -0.2) is 33.0 Å². The van der Waals surface area contributed by atoms with Crippen molar-refractivity contribution in [2.75, 3.05) is 18.4 Å². The molecular formula is C10H12F3N3O3S. The molecule has 0 fully saturated rings. The predicted octanol–water partition coefficient (Wildman–Crippen LogP) is 1.06. The highest BCUT2D eigenvalue weighted by Crippen LogP contribution is 2.30. The number of alkyl halides is 3. The maximum atomic E-state index is 12.3. The number of hydrogen-bond acceptors (Lipinski definition) is 4. The maximum Gasteiger partial charge on any atom is 0.501 e. The van der Waals surface area contributed by atoms with Crippen molar-refractivity contribution in [1.82, 2.24) is 5.32 Å². The second-order valence-electron chi connectivity index (χ2n) is 3.69. The number of nitrogens with one attached hydrogen (secondary N) is 2. The molecule has 0 saturated carbocycles. The molecule has 0 aliphatic rings. The number of anilines is 1. The quantitative estimate of drug-likeness (QED) is 0.708. The predicted molar refractivity (Wildman–Crippen MR) is 65.8 cm³/mol. The molecule has 10 heteroatoms. The third-order valence-electron chi connectivity index (χ3n) is 2.22. The number of primary amides is 1. The molecule has 0 aromatic heterocycles. The van der Waals surface area contributed by atoms with Crippen molar-refractivity contribution in [2.24, 2.45) is 5.73 Å². The molecule has 1 rings (SSSR count). The molecule has 0 saturated heterocycles. The number of rotatable bonds is 5. The standard InChI is InChI=1S/C10H12F3N3O3S/c11-10(12,13)20(18,19)8-3-1-7(2-4-8)15-5-6-16-9(14)17/h1-4,15H,5-6H2,(H3,14,16,17). The minimum atomic E-state index is -5.33. The van der Waals surface area contributed by atoms with E-state index in [4.69, 9.17) is 5.73 Å². The lowest BCUT2D eigenvalue weighted by Crippen LogP contribution is -2.33. The van der Waals surface area contributed by atoms with Crippen LogP contribution in [0.25, 0.3) is 0 Å². The molecule has 2 amide bonds. The van der Waals surface area contributed by atoms with Gasteiger partial charge in [-0.05, 0) is 24.3 Å². The first-order chi connectivity index (χ1) is 9.14. The maximum absolute atomic E-state index is 12.3. The number of nitrogens with two attached hydrogens (primary N) is 1. The molecule has 0 aliphatic heterocycles. The highest BCUT2D eigenvalue weighted by atomic mass is 32.2. The number of urea groups is 1. The number of halogens is 3. The topological polar surface area (TPSA) is 101 Å². The Hall–Kier alpha value is -1.97. The van der Waals surface area contributed by atoms with Crippen LogP contribution in [0.5, 0.6) is 0 Å². The van der Waals surface area contributed by atoms with Crippen molar-refractivity contribution in [2.45, 2.75) is 10.4 Å². The largest absolute Gasteiger partial charge is 0.501 e. The van der Waals surface area contributed by atoms with Gasteiger partial charge in [0, 0.05) is 18.8 Å². The summed E-state index contributed by atoms with van der Waals surface area (Å²) in [4.78, 5) is 9.54. The van der Waals surface area contributed by atoms with E-state index in [1.54, 1.807) is 0 Å². The third kappa shape index (κ3) is 4.02. The number of carbonyl (C=O) groups is 1. The summed E-state index contributed by atoms with van der Waals surface area (Å²) in [5.74, 6) is 0. The second-order valence-corrected chi connectivity index (χ2v) is 5.63. The van der Waals surface area contributed by atoms with E-state index in [1.165, 1.54) is 12.1 Å². The number of hydrogen-bond donors (Lipinski definition) is 3. The summed E-state index contributed by atoms with van der Waals surface area (Å²) in [6.07, 6.45) is 0. The molecule has 0 unspecified atom stereocenters. The molecule has 112 valence electrons. The fourth-order valence-electron chi connectivity index (χ4n) is 1.28. The molecule has 20 heavy (non-hydrogen) atoms. The van der Waals surface area contributed by atoms with E-state index >= 15 is 0 Å². The first-order valence-corrected chi connectivity index (χ1v) is 6.81. The van der Waals surface area contributed by atoms with Gasteiger partial charge in [-0.25, -0.2) is 13.2 Å². The van der Waals surface area contributed by atoms with E-state index in [9.17, 15) is 26.4 Å². The van der Waals surface area contributed by atoms with Gasteiger partial charge in [0.05, 0.1) is 4.90 Å². The molecule has 0 spiro atoms. The van der Waals surface area contributed by atoms with Crippen LogP contribution in [0.3, 0.4) is 0 Å². The molecule has 0 radical (unpaired) electrons. The van der Waals surface area contributed by atoms with E-state index in [0.29, 0.717) is 5.69 Å². The number of carbonyl (C=O) groups excluding carboxylic acids is 1. The van der Waals surface area contributed by atoms with E-state index in [0.717, 1.165) is 12.1 Å². The lowest BCUT2D eigenvalue weighted by atomic mass is 10.3. The van der Waals surface area contributed by atoms with Crippen LogP contribution in [0.1, 0.15) is 0 Å². The van der Waals surface area contributed by atoms with Gasteiger partial charge in [0.25, 0.3) is 9.84 Å². The van der Waals surface area contributed by atoms with Gasteiger partial charge >= 0.3 is 11.5 Å². The van der Waals surface area contributed by atoms with Gasteiger partial charge < -0.3 is 16.4 Å². The van der Waals surface area contributed by atoms with Crippen LogP contribution in [0, 0.1) is 0 Å². The van der Waals surface area contributed by atoms with Crippen LogP contribution in [0.4, 0.5) is 23.7 Å². The molecular weight excluding hydrogens is 299 g/mol. The summed E-state index contributed by atoms with van der Waals surface area (Å²) in [7, 11) is -5.33. The van der Waals surface area contributed by atoms with E-state index in [-0.39, 0.29) is 13.1 Å². The Morgan fingerprint density at radius 3 is 2.15 bits per heavy atom. The zero-order valence-corrected chi connectivity index (χ0v) is 10.9. The Bertz CT molecular complexity index is 570. The SMILES string of the molecule is NC(=O)NCCNc1ccc(S(=O)(=O)C(F)(F)F)cc1. The number of sulfone groups is 1. The molecule has 0 atom stereocenters. The first-order valence-electron chi connectivity index (χ1n) is 5.33. The molecule has 1 aromatic rings. The Morgan fingerprint density at radius 2 is 1.70 bits per heavy atom. The van der Waals surface area contributed by atoms with Crippen molar-refractivity contribution < 1.29 is 26.4 Å². The summed E-state index contributed by atoms with van der Waals surface area (Å²) >= 11 is 0. The van der Waals surface area contributed by atoms with Crippen LogP contribution in [-0.2, 0) is 9.84 Å². The highest BCUT2D eigenvalue weighted by molar-refractivity contribution is 7.92. The van der Waals surface area contributed by atoms with E-state index in [2.05, 4.69) is 10.6 Å². The molecule has 0 heterocycles. The smallest absolute Gasteiger partial charge is 0.383 e. The zero-order valence-electron chi connectivity index (χ0n) is 10.1. The number of benzene rings is 1. The first kappa shape index (κ1) is 16.1. The minimum absolute atomic E-state index is 0.220. The zero-order chi connectivity index (χ0) is 15.4. The van der Waals surface area contributed by atoms with Gasteiger partial charge in [0.15, 0.2) is 0 Å². The van der Waals surface area contributed by atoms with Crippen LogP contribution in [0.15, 0.2) is 29.2 Å². The average molecular weight is 311 g/mol.